The molecule has 8 heteroatoms. The van der Waals surface area contributed by atoms with E-state index in [1.807, 2.05) is 6.08 Å². The number of halogens is 3. The summed E-state index contributed by atoms with van der Waals surface area (Å²) in [4.78, 5) is 13.2. The van der Waals surface area contributed by atoms with Crippen molar-refractivity contribution in [3.8, 4) is 0 Å². The number of allylic oxidation sites excluding steroid dienone is 1. The maximum absolute atomic E-state index is 14.6. The SMILES string of the molecule is O=C(O)OC1=C(SCCC(F)(F)c2ccc(F)cc2)N(CC2CC3CCC2C3)CC=C1. The third-order valence-corrected chi connectivity index (χ3v) is 7.69. The highest BCUT2D eigenvalue weighted by Gasteiger charge is 2.40. The van der Waals surface area contributed by atoms with Crippen molar-refractivity contribution in [1.82, 2.24) is 4.90 Å². The van der Waals surface area contributed by atoms with Gasteiger partial charge in [-0.3, -0.25) is 0 Å². The molecule has 168 valence electrons. The summed E-state index contributed by atoms with van der Waals surface area (Å²) in [5.41, 5.74) is -0.229. The number of hydrogen-bond acceptors (Lipinski definition) is 4. The number of fused-ring (bicyclic) bond motifs is 2. The molecule has 0 spiro atoms. The zero-order chi connectivity index (χ0) is 22.0. The number of carboxylic acid groups (broad SMARTS) is 1. The molecule has 0 radical (unpaired) electrons. The molecule has 4 nitrogen and oxygen atoms in total. The highest BCUT2D eigenvalue weighted by Crippen LogP contribution is 2.49. The molecule has 1 N–H and O–H groups in total. The van der Waals surface area contributed by atoms with Gasteiger partial charge in [0.15, 0.2) is 5.76 Å². The molecule has 3 atom stereocenters. The molecule has 3 unspecified atom stereocenters. The third kappa shape index (κ3) is 5.22. The molecule has 1 aromatic carbocycles. The van der Waals surface area contributed by atoms with Crippen molar-refractivity contribution >= 4 is 17.9 Å². The topological polar surface area (TPSA) is 49.8 Å². The van der Waals surface area contributed by atoms with Crippen LogP contribution in [0.2, 0.25) is 0 Å². The number of nitrogens with zero attached hydrogens (tertiary/aromatic N) is 1. The first-order chi connectivity index (χ1) is 14.8. The van der Waals surface area contributed by atoms with Crippen molar-refractivity contribution < 1.29 is 27.8 Å². The molecule has 2 bridgehead atoms. The molecule has 1 aliphatic heterocycles. The second-order valence-electron chi connectivity index (χ2n) is 8.59. The Balaban J connectivity index is 1.44. The summed E-state index contributed by atoms with van der Waals surface area (Å²) in [6.07, 6.45) is 6.57. The number of alkyl halides is 2. The van der Waals surface area contributed by atoms with Crippen LogP contribution >= 0.6 is 11.8 Å². The average Bonchev–Trinajstić information content (AvgIpc) is 3.33. The van der Waals surface area contributed by atoms with E-state index in [1.165, 1.54) is 37.4 Å². The predicted octanol–water partition coefficient (Wildman–Crippen LogP) is 6.21. The van der Waals surface area contributed by atoms with Gasteiger partial charge in [-0.2, -0.15) is 0 Å². The highest BCUT2D eigenvalue weighted by atomic mass is 32.2. The second kappa shape index (κ2) is 9.18. The lowest BCUT2D eigenvalue weighted by Crippen LogP contribution is -2.33. The van der Waals surface area contributed by atoms with Gasteiger partial charge in [-0.15, -0.1) is 11.8 Å². The molecular formula is C23H26F3NO3S. The summed E-state index contributed by atoms with van der Waals surface area (Å²) in [6, 6.07) is 4.26. The smallest absolute Gasteiger partial charge is 0.449 e. The Labute approximate surface area is 184 Å². The van der Waals surface area contributed by atoms with Crippen LogP contribution in [-0.2, 0) is 10.7 Å². The maximum Gasteiger partial charge on any atom is 0.511 e. The lowest BCUT2D eigenvalue weighted by atomic mass is 9.88. The van der Waals surface area contributed by atoms with Gasteiger partial charge in [0.05, 0.1) is 0 Å². The van der Waals surface area contributed by atoms with Crippen molar-refractivity contribution in [2.45, 2.75) is 38.0 Å². The van der Waals surface area contributed by atoms with Gasteiger partial charge in [0, 0.05) is 30.8 Å². The van der Waals surface area contributed by atoms with E-state index in [-0.39, 0.29) is 17.1 Å². The van der Waals surface area contributed by atoms with Crippen molar-refractivity contribution in [1.29, 1.82) is 0 Å². The molecule has 0 amide bonds. The van der Waals surface area contributed by atoms with Crippen molar-refractivity contribution in [2.75, 3.05) is 18.8 Å². The molecule has 2 aliphatic carbocycles. The Morgan fingerprint density at radius 1 is 1.23 bits per heavy atom. The quantitative estimate of drug-likeness (QED) is 0.474. The van der Waals surface area contributed by atoms with E-state index < -0.39 is 24.3 Å². The van der Waals surface area contributed by atoms with E-state index >= 15 is 0 Å². The standard InChI is InChI=1S/C23H26F3NO3S/c24-19-7-5-18(6-8-19)23(25,26)9-11-31-21-20(30-22(28)29)2-1-10-27(21)14-17-13-15-3-4-16(17)12-15/h1-2,5-8,15-17H,3-4,9-14H2,(H,28,29). The molecule has 2 fully saturated rings. The van der Waals surface area contributed by atoms with Crippen LogP contribution in [0.5, 0.6) is 0 Å². The van der Waals surface area contributed by atoms with Gasteiger partial charge in [-0.25, -0.2) is 18.0 Å². The molecule has 2 saturated carbocycles. The Hall–Kier alpha value is -2.09. The Bertz CT molecular complexity index is 871. The first-order valence-electron chi connectivity index (χ1n) is 10.6. The van der Waals surface area contributed by atoms with Crippen LogP contribution in [0.1, 0.15) is 37.7 Å². The van der Waals surface area contributed by atoms with Gasteiger partial charge in [-0.1, -0.05) is 24.6 Å². The van der Waals surface area contributed by atoms with Crippen LogP contribution in [-0.4, -0.2) is 35.0 Å². The average molecular weight is 454 g/mol. The minimum atomic E-state index is -3.10. The Kier molecular flexibility index (Phi) is 6.55. The molecule has 0 saturated heterocycles. The molecule has 3 aliphatic rings. The second-order valence-corrected chi connectivity index (χ2v) is 9.67. The van der Waals surface area contributed by atoms with E-state index in [4.69, 9.17) is 9.84 Å². The summed E-state index contributed by atoms with van der Waals surface area (Å²) < 4.78 is 47.2. The van der Waals surface area contributed by atoms with Crippen LogP contribution in [0, 0.1) is 23.6 Å². The summed E-state index contributed by atoms with van der Waals surface area (Å²) in [5, 5.41) is 9.70. The molecule has 1 aromatic rings. The largest absolute Gasteiger partial charge is 0.511 e. The fourth-order valence-corrected chi connectivity index (χ4v) is 6.22. The van der Waals surface area contributed by atoms with Crippen LogP contribution < -0.4 is 0 Å². The lowest BCUT2D eigenvalue weighted by molar-refractivity contribution is -0.00708. The fraction of sp³-hybridized carbons (Fsp3) is 0.522. The van der Waals surface area contributed by atoms with Gasteiger partial charge in [0.2, 0.25) is 0 Å². The van der Waals surface area contributed by atoms with Gasteiger partial charge < -0.3 is 14.7 Å². The van der Waals surface area contributed by atoms with Crippen molar-refractivity contribution in [3.63, 3.8) is 0 Å². The number of benzene rings is 1. The Morgan fingerprint density at radius 2 is 2.00 bits per heavy atom. The molecule has 1 heterocycles. The van der Waals surface area contributed by atoms with Gasteiger partial charge in [0.25, 0.3) is 5.92 Å². The molecular weight excluding hydrogens is 427 g/mol. The number of ether oxygens (including phenoxy) is 1. The van der Waals surface area contributed by atoms with Crippen molar-refractivity contribution in [2.24, 2.45) is 17.8 Å². The van der Waals surface area contributed by atoms with E-state index in [9.17, 15) is 18.0 Å². The third-order valence-electron chi connectivity index (χ3n) is 6.55. The number of thioether (sulfide) groups is 1. The minimum absolute atomic E-state index is 0.0766. The zero-order valence-corrected chi connectivity index (χ0v) is 17.9. The van der Waals surface area contributed by atoms with E-state index in [0.717, 1.165) is 36.7 Å². The fourth-order valence-electron chi connectivity index (χ4n) is 5.09. The van der Waals surface area contributed by atoms with Crippen LogP contribution in [0.4, 0.5) is 18.0 Å². The van der Waals surface area contributed by atoms with Gasteiger partial charge in [-0.05, 0) is 55.2 Å². The van der Waals surface area contributed by atoms with E-state index in [1.54, 1.807) is 6.08 Å². The summed E-state index contributed by atoms with van der Waals surface area (Å²) >= 11 is 1.20. The number of hydrogen-bond donors (Lipinski definition) is 1. The highest BCUT2D eigenvalue weighted by molar-refractivity contribution is 8.03. The predicted molar refractivity (Wildman–Crippen MR) is 113 cm³/mol. The van der Waals surface area contributed by atoms with Gasteiger partial charge in [0.1, 0.15) is 10.8 Å². The summed E-state index contributed by atoms with van der Waals surface area (Å²) in [5.74, 6) is -1.35. The zero-order valence-electron chi connectivity index (χ0n) is 17.1. The first kappa shape index (κ1) is 22.1. The minimum Gasteiger partial charge on any atom is -0.449 e. The Morgan fingerprint density at radius 3 is 2.65 bits per heavy atom. The monoisotopic (exact) mass is 453 g/mol. The van der Waals surface area contributed by atoms with Crippen LogP contribution in [0.15, 0.2) is 47.2 Å². The normalized spacial score (nSPS) is 25.4. The van der Waals surface area contributed by atoms with Crippen LogP contribution in [0.25, 0.3) is 0 Å². The molecule has 4 rings (SSSR count). The first-order valence-corrected chi connectivity index (χ1v) is 11.6. The molecule has 31 heavy (non-hydrogen) atoms. The van der Waals surface area contributed by atoms with Gasteiger partial charge >= 0.3 is 6.16 Å². The lowest BCUT2D eigenvalue weighted by Gasteiger charge is -2.34. The summed E-state index contributed by atoms with van der Waals surface area (Å²) in [7, 11) is 0. The van der Waals surface area contributed by atoms with E-state index in [0.29, 0.717) is 23.4 Å². The number of rotatable bonds is 8. The van der Waals surface area contributed by atoms with E-state index in [2.05, 4.69) is 4.90 Å². The maximum atomic E-state index is 14.6. The molecule has 0 aromatic heterocycles. The van der Waals surface area contributed by atoms with Crippen molar-refractivity contribution in [3.05, 3.63) is 58.6 Å². The number of carbonyl (C=O) groups is 1. The van der Waals surface area contributed by atoms with Crippen LogP contribution in [0.3, 0.4) is 0 Å². The summed E-state index contributed by atoms with van der Waals surface area (Å²) in [6.45, 7) is 1.39.